The van der Waals surface area contributed by atoms with Crippen LogP contribution in [-0.4, -0.2) is 15.8 Å². The Balaban J connectivity index is 0.00000192. The Bertz CT molecular complexity index is 841. The number of nitrogens with zero attached hydrogens (tertiary/aromatic N) is 2. The predicted molar refractivity (Wildman–Crippen MR) is 92.5 cm³/mol. The third-order valence-corrected chi connectivity index (χ3v) is 3.27. The Morgan fingerprint density at radius 2 is 1.73 bits per heavy atom. The average molecular weight is 296 g/mol. The second kappa shape index (κ2) is 5.65. The quantitative estimate of drug-likeness (QED) is 0.571. The van der Waals surface area contributed by atoms with Gasteiger partial charge in [0, 0.05) is 21.7 Å². The number of ketones is 1. The van der Waals surface area contributed by atoms with Crippen molar-refractivity contribution in [2.45, 2.75) is 0 Å². The minimum Gasteiger partial charge on any atom is -0.399 e. The molecule has 0 atom stereocenters. The van der Waals surface area contributed by atoms with Crippen molar-refractivity contribution in [2.24, 2.45) is 0 Å². The molecule has 0 unspecified atom stereocenters. The number of pyridine rings is 2. The summed E-state index contributed by atoms with van der Waals surface area (Å²) in [5, 5.41) is 0. The van der Waals surface area contributed by atoms with Crippen LogP contribution in [0.5, 0.6) is 0 Å². The van der Waals surface area contributed by atoms with Gasteiger partial charge in [-0.25, -0.2) is 9.97 Å². The number of rotatable bonds is 3. The molecule has 3 aromatic rings. The highest BCUT2D eigenvalue weighted by atomic mass is 16.1. The molecule has 0 spiro atoms. The lowest BCUT2D eigenvalue weighted by atomic mass is 10.1. The highest BCUT2D eigenvalue weighted by Crippen LogP contribution is 2.20. The van der Waals surface area contributed by atoms with Gasteiger partial charge in [-0.15, -0.1) is 0 Å². The van der Waals surface area contributed by atoms with E-state index in [9.17, 15) is 4.79 Å². The molecule has 5 heteroatoms. The number of nitrogen functional groups attached to an aromatic ring is 2. The van der Waals surface area contributed by atoms with Gasteiger partial charge in [-0.3, -0.25) is 4.79 Å². The van der Waals surface area contributed by atoms with Gasteiger partial charge in [0.15, 0.2) is 0 Å². The van der Waals surface area contributed by atoms with E-state index in [-0.39, 0.29) is 15.9 Å². The van der Waals surface area contributed by atoms with Crippen LogP contribution in [0.3, 0.4) is 0 Å². The number of hydrogen-bond acceptors (Lipinski definition) is 5. The van der Waals surface area contributed by atoms with Crippen LogP contribution in [0.1, 0.15) is 20.3 Å². The van der Waals surface area contributed by atoms with Gasteiger partial charge in [-0.1, -0.05) is 18.2 Å². The molecule has 0 bridgehead atoms. The minimum atomic E-state index is -0.247. The van der Waals surface area contributed by atoms with Crippen LogP contribution < -0.4 is 11.5 Å². The first-order valence-electron chi connectivity index (χ1n) is 6.73. The zero-order chi connectivity index (χ0) is 15.5. The highest BCUT2D eigenvalue weighted by molar-refractivity contribution is 6.10. The van der Waals surface area contributed by atoms with Crippen molar-refractivity contribution < 1.29 is 9.07 Å². The number of nitrogens with two attached hydrogens (primary N) is 2. The first-order chi connectivity index (χ1) is 10.6. The van der Waals surface area contributed by atoms with Crippen molar-refractivity contribution in [3.05, 3.63) is 72.1 Å². The van der Waals surface area contributed by atoms with Gasteiger partial charge in [0.1, 0.15) is 11.5 Å². The lowest BCUT2D eigenvalue weighted by molar-refractivity contribution is 0.103. The summed E-state index contributed by atoms with van der Waals surface area (Å²) in [4.78, 5) is 20.8. The zero-order valence-electron chi connectivity index (χ0n) is 11.7. The largest absolute Gasteiger partial charge is 0.399 e. The second-order valence-corrected chi connectivity index (χ2v) is 4.80. The first kappa shape index (κ1) is 13.8. The van der Waals surface area contributed by atoms with Crippen LogP contribution in [0.25, 0.3) is 11.3 Å². The van der Waals surface area contributed by atoms with Gasteiger partial charge in [-0.05, 0) is 36.4 Å². The van der Waals surface area contributed by atoms with Crippen molar-refractivity contribution >= 4 is 17.3 Å². The first-order valence-corrected chi connectivity index (χ1v) is 6.73. The van der Waals surface area contributed by atoms with Crippen LogP contribution in [0.15, 0.2) is 60.8 Å². The third kappa shape index (κ3) is 2.64. The highest BCUT2D eigenvalue weighted by Gasteiger charge is 2.14. The van der Waals surface area contributed by atoms with Gasteiger partial charge in [0.25, 0.3) is 0 Å². The summed E-state index contributed by atoms with van der Waals surface area (Å²) in [6.07, 6.45) is 1.55. The third-order valence-electron chi connectivity index (χ3n) is 3.27. The van der Waals surface area contributed by atoms with Gasteiger partial charge in [-0.2, -0.15) is 0 Å². The summed E-state index contributed by atoms with van der Waals surface area (Å²) in [7, 11) is 0. The normalized spacial score (nSPS) is 10.4. The number of hydrogen-bond donors (Lipinski definition) is 2. The molecule has 0 radical (unpaired) electrons. The van der Waals surface area contributed by atoms with Gasteiger partial charge in [0.05, 0.1) is 11.3 Å². The molecule has 1 aromatic carbocycles. The maximum Gasteiger partial charge on any atom is 0.215 e. The standard InChI is InChI=1S/C17H14N4O.3H2/c18-12-8-6-11(7-9-12)14-4-1-5-15(21-14)16(22)13-3-2-10-20-17(13)19;;;/h1-10H,18H2,(H2,19,20);3*1H. The maximum absolute atomic E-state index is 12.5. The van der Waals surface area contributed by atoms with Crippen molar-refractivity contribution in [3.8, 4) is 11.3 Å². The SMILES string of the molecule is Nc1ccc(-c2cccc(C(=O)c3cccnc3N)n2)cc1.[HH].[HH].[HH]. The van der Waals surface area contributed by atoms with E-state index in [2.05, 4.69) is 9.97 Å². The van der Waals surface area contributed by atoms with Gasteiger partial charge in [0.2, 0.25) is 5.78 Å². The molecule has 0 saturated heterocycles. The fourth-order valence-corrected chi connectivity index (χ4v) is 2.12. The van der Waals surface area contributed by atoms with Gasteiger partial charge < -0.3 is 11.5 Å². The van der Waals surface area contributed by atoms with Crippen molar-refractivity contribution in [2.75, 3.05) is 11.5 Å². The van der Waals surface area contributed by atoms with Gasteiger partial charge >= 0.3 is 0 Å². The van der Waals surface area contributed by atoms with E-state index < -0.39 is 0 Å². The summed E-state index contributed by atoms with van der Waals surface area (Å²) >= 11 is 0. The number of anilines is 2. The van der Waals surface area contributed by atoms with Crippen molar-refractivity contribution in [3.63, 3.8) is 0 Å². The van der Waals surface area contributed by atoms with E-state index in [0.717, 1.165) is 5.56 Å². The Morgan fingerprint density at radius 1 is 0.955 bits per heavy atom. The topological polar surface area (TPSA) is 94.9 Å². The van der Waals surface area contributed by atoms with E-state index in [1.807, 2.05) is 18.2 Å². The molecule has 2 aromatic heterocycles. The molecule has 3 rings (SSSR count). The molecule has 0 fully saturated rings. The Labute approximate surface area is 132 Å². The van der Waals surface area contributed by atoms with E-state index >= 15 is 0 Å². The monoisotopic (exact) mass is 296 g/mol. The van der Waals surface area contributed by atoms with Crippen molar-refractivity contribution in [1.29, 1.82) is 0 Å². The fourth-order valence-electron chi connectivity index (χ4n) is 2.12. The number of aromatic nitrogens is 2. The molecule has 114 valence electrons. The van der Waals surface area contributed by atoms with E-state index in [4.69, 9.17) is 11.5 Å². The molecule has 2 heterocycles. The number of carbonyl (C=O) groups is 1. The molecular formula is C17H20N4O. The van der Waals surface area contributed by atoms with E-state index in [0.29, 0.717) is 22.6 Å². The lowest BCUT2D eigenvalue weighted by Crippen LogP contribution is -2.08. The summed E-state index contributed by atoms with van der Waals surface area (Å²) < 4.78 is 0. The lowest BCUT2D eigenvalue weighted by Gasteiger charge is -2.06. The molecule has 0 aliphatic carbocycles. The molecule has 0 aliphatic rings. The summed E-state index contributed by atoms with van der Waals surface area (Å²) in [6, 6.07) is 15.9. The second-order valence-electron chi connectivity index (χ2n) is 4.80. The molecule has 4 N–H and O–H groups in total. The van der Waals surface area contributed by atoms with Crippen LogP contribution in [0.2, 0.25) is 0 Å². The maximum atomic E-state index is 12.5. The molecule has 0 aliphatic heterocycles. The zero-order valence-corrected chi connectivity index (χ0v) is 11.7. The van der Waals surface area contributed by atoms with Crippen molar-refractivity contribution in [1.82, 2.24) is 9.97 Å². The molecular weight excluding hydrogens is 276 g/mol. The fraction of sp³-hybridized carbons (Fsp3) is 0. The summed E-state index contributed by atoms with van der Waals surface area (Å²) in [5.41, 5.74) is 14.4. The minimum absolute atomic E-state index is 0. The Kier molecular flexibility index (Phi) is 3.53. The predicted octanol–water partition coefficient (Wildman–Crippen LogP) is 3.28. The van der Waals surface area contributed by atoms with Crippen LogP contribution >= 0.6 is 0 Å². The van der Waals surface area contributed by atoms with Crippen LogP contribution in [-0.2, 0) is 0 Å². The molecule has 22 heavy (non-hydrogen) atoms. The van der Waals surface area contributed by atoms with Crippen LogP contribution in [0.4, 0.5) is 11.5 Å². The van der Waals surface area contributed by atoms with Crippen LogP contribution in [0, 0.1) is 0 Å². The number of carbonyl (C=O) groups excluding carboxylic acids is 1. The smallest absolute Gasteiger partial charge is 0.215 e. The summed E-state index contributed by atoms with van der Waals surface area (Å²) in [6.45, 7) is 0. The molecule has 0 saturated carbocycles. The summed E-state index contributed by atoms with van der Waals surface area (Å²) in [5.74, 6) is -0.0462. The average Bonchev–Trinajstić information content (AvgIpc) is 2.55. The molecule has 0 amide bonds. The Morgan fingerprint density at radius 3 is 2.45 bits per heavy atom. The van der Waals surface area contributed by atoms with E-state index in [1.165, 1.54) is 0 Å². The van der Waals surface area contributed by atoms with E-state index in [1.54, 1.807) is 42.6 Å². The molecule has 5 nitrogen and oxygen atoms in total. The Hall–Kier alpha value is -3.21. The number of benzene rings is 1.